The van der Waals surface area contributed by atoms with Gasteiger partial charge in [0.25, 0.3) is 0 Å². The zero-order valence-electron chi connectivity index (χ0n) is 7.38. The normalized spacial score (nSPS) is 9.57. The zero-order chi connectivity index (χ0) is 10.7. The van der Waals surface area contributed by atoms with E-state index < -0.39 is 0 Å². The van der Waals surface area contributed by atoms with Gasteiger partial charge in [0.05, 0.1) is 11.4 Å². The first-order valence-corrected chi connectivity index (χ1v) is 5.30. The molecule has 1 aromatic heterocycles. The van der Waals surface area contributed by atoms with Crippen molar-refractivity contribution in [3.05, 3.63) is 24.7 Å². The van der Waals surface area contributed by atoms with Crippen LogP contribution in [-0.4, -0.2) is 4.57 Å². The van der Waals surface area contributed by atoms with Crippen molar-refractivity contribution in [2.24, 2.45) is 0 Å². The standard InChI is InChI=1S/C9H7Cl2NOS/c1-3-4-12-6(2)7(5-8(10)11)14-9(12)13/h1,5H,4H2,2H3. The van der Waals surface area contributed by atoms with Crippen LogP contribution in [0.4, 0.5) is 0 Å². The molecule has 5 heteroatoms. The number of nitrogens with zero attached hydrogens (tertiary/aromatic N) is 1. The minimum absolute atomic E-state index is 0.0960. The van der Waals surface area contributed by atoms with Crippen LogP contribution in [-0.2, 0) is 6.54 Å². The van der Waals surface area contributed by atoms with Gasteiger partial charge in [0.15, 0.2) is 0 Å². The van der Waals surface area contributed by atoms with E-state index in [0.717, 1.165) is 21.9 Å². The number of halogens is 2. The van der Waals surface area contributed by atoms with Gasteiger partial charge in [-0.25, -0.2) is 0 Å². The predicted octanol–water partition coefficient (Wildman–Crippen LogP) is 2.63. The Labute approximate surface area is 95.8 Å². The molecule has 2 nitrogen and oxygen atoms in total. The SMILES string of the molecule is C#CCn1c(C)c(C=C(Cl)Cl)sc1=O. The van der Waals surface area contributed by atoms with Crippen molar-refractivity contribution in [1.82, 2.24) is 4.57 Å². The van der Waals surface area contributed by atoms with Gasteiger partial charge >= 0.3 is 4.87 Å². The molecule has 0 aliphatic rings. The molecule has 1 heterocycles. The number of terminal acetylenes is 1. The predicted molar refractivity (Wildman–Crippen MR) is 61.8 cm³/mol. The molecule has 0 bridgehead atoms. The van der Waals surface area contributed by atoms with E-state index in [2.05, 4.69) is 5.92 Å². The molecule has 0 saturated heterocycles. The van der Waals surface area contributed by atoms with Gasteiger partial charge < -0.3 is 0 Å². The molecule has 0 fully saturated rings. The third-order valence-corrected chi connectivity index (χ3v) is 2.92. The van der Waals surface area contributed by atoms with Crippen LogP contribution in [0.15, 0.2) is 9.29 Å². The summed E-state index contributed by atoms with van der Waals surface area (Å²) in [5.74, 6) is 2.42. The zero-order valence-corrected chi connectivity index (χ0v) is 9.71. The van der Waals surface area contributed by atoms with Crippen molar-refractivity contribution in [3.8, 4) is 12.3 Å². The second-order valence-electron chi connectivity index (χ2n) is 2.54. The molecule has 0 N–H and O–H groups in total. The fourth-order valence-electron chi connectivity index (χ4n) is 1.00. The molecule has 1 rings (SSSR count). The average molecular weight is 248 g/mol. The van der Waals surface area contributed by atoms with Crippen molar-refractivity contribution in [2.75, 3.05) is 0 Å². The van der Waals surface area contributed by atoms with Crippen molar-refractivity contribution < 1.29 is 0 Å². The average Bonchev–Trinajstić information content (AvgIpc) is 2.32. The molecule has 0 aliphatic heterocycles. The van der Waals surface area contributed by atoms with Gasteiger partial charge in [-0.1, -0.05) is 40.5 Å². The Kier molecular flexibility index (Phi) is 3.82. The summed E-state index contributed by atoms with van der Waals surface area (Å²) in [5.41, 5.74) is 0.789. The van der Waals surface area contributed by atoms with Gasteiger partial charge in [0, 0.05) is 5.69 Å². The molecule has 0 aromatic carbocycles. The number of rotatable bonds is 2. The molecule has 0 amide bonds. The van der Waals surface area contributed by atoms with Gasteiger partial charge in [-0.3, -0.25) is 9.36 Å². The number of aromatic nitrogens is 1. The smallest absolute Gasteiger partial charge is 0.291 e. The van der Waals surface area contributed by atoms with Gasteiger partial charge in [-0.2, -0.15) is 0 Å². The summed E-state index contributed by atoms with van der Waals surface area (Å²) in [6.45, 7) is 2.08. The lowest BCUT2D eigenvalue weighted by Gasteiger charge is -1.97. The molecule has 0 spiro atoms. The quantitative estimate of drug-likeness (QED) is 0.737. The van der Waals surface area contributed by atoms with Gasteiger partial charge in [-0.15, -0.1) is 6.42 Å². The molecule has 0 saturated carbocycles. The minimum Gasteiger partial charge on any atom is -0.291 e. The summed E-state index contributed by atoms with van der Waals surface area (Å²) in [6, 6.07) is 0. The first-order valence-electron chi connectivity index (χ1n) is 3.72. The van der Waals surface area contributed by atoms with E-state index in [1.54, 1.807) is 6.92 Å². The molecule has 0 unspecified atom stereocenters. The third kappa shape index (κ3) is 2.42. The molecule has 0 atom stereocenters. The summed E-state index contributed by atoms with van der Waals surface area (Å²) in [6.07, 6.45) is 6.68. The van der Waals surface area contributed by atoms with Crippen LogP contribution < -0.4 is 4.87 Å². The van der Waals surface area contributed by atoms with Crippen molar-refractivity contribution in [2.45, 2.75) is 13.5 Å². The number of thiazole rings is 1. The lowest BCUT2D eigenvalue weighted by molar-refractivity contribution is 0.790. The van der Waals surface area contributed by atoms with Crippen LogP contribution >= 0.6 is 34.5 Å². The third-order valence-electron chi connectivity index (χ3n) is 1.67. The minimum atomic E-state index is -0.0960. The Morgan fingerprint density at radius 3 is 2.86 bits per heavy atom. The highest BCUT2D eigenvalue weighted by atomic mass is 35.5. The maximum Gasteiger partial charge on any atom is 0.308 e. The fraction of sp³-hybridized carbons (Fsp3) is 0.222. The summed E-state index contributed by atoms with van der Waals surface area (Å²) >= 11 is 12.1. The second kappa shape index (κ2) is 4.70. The molecule has 0 radical (unpaired) electrons. The monoisotopic (exact) mass is 247 g/mol. The molecule has 74 valence electrons. The van der Waals surface area contributed by atoms with E-state index in [1.165, 1.54) is 10.6 Å². The number of hydrogen-bond acceptors (Lipinski definition) is 2. The Bertz CT molecular complexity index is 460. The maximum atomic E-state index is 11.4. The summed E-state index contributed by atoms with van der Waals surface area (Å²) < 4.78 is 1.63. The summed E-state index contributed by atoms with van der Waals surface area (Å²) in [5, 5.41) is 0. The van der Waals surface area contributed by atoms with Crippen LogP contribution in [0.1, 0.15) is 10.6 Å². The van der Waals surface area contributed by atoms with Gasteiger partial charge in [0.1, 0.15) is 4.49 Å². The fourth-order valence-corrected chi connectivity index (χ4v) is 2.28. The lowest BCUT2D eigenvalue weighted by atomic mass is 10.4. The van der Waals surface area contributed by atoms with E-state index in [4.69, 9.17) is 29.6 Å². The Balaban J connectivity index is 3.25. The van der Waals surface area contributed by atoms with Gasteiger partial charge in [-0.05, 0) is 13.0 Å². The van der Waals surface area contributed by atoms with Crippen LogP contribution in [0.3, 0.4) is 0 Å². The van der Waals surface area contributed by atoms with Crippen LogP contribution in [0.2, 0.25) is 0 Å². The van der Waals surface area contributed by atoms with E-state index >= 15 is 0 Å². The van der Waals surface area contributed by atoms with Crippen LogP contribution in [0, 0.1) is 19.3 Å². The molecule has 1 aromatic rings. The molecular formula is C9H7Cl2NOS. The highest BCUT2D eigenvalue weighted by Gasteiger charge is 2.08. The maximum absolute atomic E-state index is 11.4. The molecular weight excluding hydrogens is 241 g/mol. The highest BCUT2D eigenvalue weighted by Crippen LogP contribution is 2.19. The van der Waals surface area contributed by atoms with Crippen molar-refractivity contribution in [1.29, 1.82) is 0 Å². The first-order chi connectivity index (χ1) is 6.56. The van der Waals surface area contributed by atoms with E-state index in [-0.39, 0.29) is 15.9 Å². The summed E-state index contributed by atoms with van der Waals surface area (Å²) in [7, 11) is 0. The Morgan fingerprint density at radius 1 is 1.71 bits per heavy atom. The van der Waals surface area contributed by atoms with Crippen LogP contribution in [0.25, 0.3) is 6.08 Å². The van der Waals surface area contributed by atoms with Crippen molar-refractivity contribution >= 4 is 40.6 Å². The van der Waals surface area contributed by atoms with Crippen molar-refractivity contribution in [3.63, 3.8) is 0 Å². The first kappa shape index (κ1) is 11.4. The van der Waals surface area contributed by atoms with E-state index in [0.29, 0.717) is 0 Å². The van der Waals surface area contributed by atoms with E-state index in [1.807, 2.05) is 0 Å². The lowest BCUT2D eigenvalue weighted by Crippen LogP contribution is -2.13. The Hall–Kier alpha value is -0.690. The van der Waals surface area contributed by atoms with Crippen LogP contribution in [0.5, 0.6) is 0 Å². The van der Waals surface area contributed by atoms with Gasteiger partial charge in [0.2, 0.25) is 0 Å². The topological polar surface area (TPSA) is 22.0 Å². The molecule has 0 aliphatic carbocycles. The Morgan fingerprint density at radius 2 is 2.36 bits per heavy atom. The number of hydrogen-bond donors (Lipinski definition) is 0. The summed E-state index contributed by atoms with van der Waals surface area (Å²) in [4.78, 5) is 12.0. The second-order valence-corrected chi connectivity index (χ2v) is 4.54. The largest absolute Gasteiger partial charge is 0.308 e. The highest BCUT2D eigenvalue weighted by molar-refractivity contribution is 7.10. The molecule has 14 heavy (non-hydrogen) atoms. The van der Waals surface area contributed by atoms with E-state index in [9.17, 15) is 4.79 Å².